The largest absolute Gasteiger partial charge is 0.423 e. The van der Waals surface area contributed by atoms with Gasteiger partial charge < -0.3 is 14.4 Å². The molecule has 0 atom stereocenters. The van der Waals surface area contributed by atoms with E-state index in [2.05, 4.69) is 9.88 Å². The number of fused-ring (bicyclic) bond motifs is 1. The van der Waals surface area contributed by atoms with Crippen molar-refractivity contribution in [3.8, 4) is 0 Å². The van der Waals surface area contributed by atoms with Crippen molar-refractivity contribution >= 4 is 17.1 Å². The average Bonchev–Trinajstić information content (AvgIpc) is 2.69. The van der Waals surface area contributed by atoms with E-state index in [1.807, 2.05) is 24.3 Å². The maximum absolute atomic E-state index is 9.13. The zero-order valence-electron chi connectivity index (χ0n) is 9.67. The summed E-state index contributed by atoms with van der Waals surface area (Å²) >= 11 is 0. The zero-order chi connectivity index (χ0) is 11.7. The minimum atomic E-state index is 0.134. The summed E-state index contributed by atoms with van der Waals surface area (Å²) < 4.78 is 5.74. The third kappa shape index (κ3) is 1.89. The highest BCUT2D eigenvalue weighted by atomic mass is 16.4. The first-order valence-corrected chi connectivity index (χ1v) is 6.11. The zero-order valence-corrected chi connectivity index (χ0v) is 9.67. The van der Waals surface area contributed by atoms with Crippen LogP contribution in [0.1, 0.15) is 19.3 Å². The van der Waals surface area contributed by atoms with Crippen molar-refractivity contribution in [2.75, 3.05) is 18.1 Å². The van der Waals surface area contributed by atoms with Crippen LogP contribution < -0.4 is 4.90 Å². The van der Waals surface area contributed by atoms with Crippen LogP contribution in [0.3, 0.4) is 0 Å². The highest BCUT2D eigenvalue weighted by Crippen LogP contribution is 2.30. The Morgan fingerprint density at radius 2 is 2.18 bits per heavy atom. The number of oxazole rings is 1. The van der Waals surface area contributed by atoms with Gasteiger partial charge in [-0.15, -0.1) is 0 Å². The van der Waals surface area contributed by atoms with Crippen molar-refractivity contribution < 1.29 is 9.52 Å². The lowest BCUT2D eigenvalue weighted by Gasteiger charge is -2.36. The fraction of sp³-hybridized carbons (Fsp3) is 0.462. The number of benzene rings is 1. The van der Waals surface area contributed by atoms with Gasteiger partial charge in [0.05, 0.1) is 6.61 Å². The lowest BCUT2D eigenvalue weighted by atomic mass is 9.92. The molecule has 3 rings (SSSR count). The molecule has 4 heteroatoms. The van der Waals surface area contributed by atoms with E-state index in [0.717, 1.165) is 11.1 Å². The minimum Gasteiger partial charge on any atom is -0.423 e. The van der Waals surface area contributed by atoms with Gasteiger partial charge in [-0.2, -0.15) is 4.98 Å². The highest BCUT2D eigenvalue weighted by molar-refractivity contribution is 5.74. The van der Waals surface area contributed by atoms with E-state index < -0.39 is 0 Å². The first-order valence-electron chi connectivity index (χ1n) is 6.11. The van der Waals surface area contributed by atoms with Gasteiger partial charge in [-0.25, -0.2) is 0 Å². The molecule has 90 valence electrons. The fourth-order valence-electron chi connectivity index (χ4n) is 2.22. The Morgan fingerprint density at radius 3 is 2.82 bits per heavy atom. The first-order chi connectivity index (χ1) is 8.38. The number of rotatable bonds is 4. The Morgan fingerprint density at radius 1 is 1.35 bits per heavy atom. The Labute approximate surface area is 99.9 Å². The van der Waals surface area contributed by atoms with Gasteiger partial charge in [-0.05, 0) is 31.4 Å². The molecular weight excluding hydrogens is 216 g/mol. The van der Waals surface area contributed by atoms with Crippen LogP contribution in [0.4, 0.5) is 6.01 Å². The molecule has 0 radical (unpaired) electrons. The molecule has 1 aliphatic carbocycles. The van der Waals surface area contributed by atoms with E-state index in [0.29, 0.717) is 18.6 Å². The number of nitrogens with zero attached hydrogens (tertiary/aromatic N) is 2. The highest BCUT2D eigenvalue weighted by Gasteiger charge is 2.27. The molecule has 0 unspecified atom stereocenters. The van der Waals surface area contributed by atoms with Gasteiger partial charge in [-0.3, -0.25) is 0 Å². The second-order valence-electron chi connectivity index (χ2n) is 4.47. The summed E-state index contributed by atoms with van der Waals surface area (Å²) in [5, 5.41) is 9.13. The van der Waals surface area contributed by atoms with Crippen molar-refractivity contribution in [2.24, 2.45) is 0 Å². The fourth-order valence-corrected chi connectivity index (χ4v) is 2.22. The van der Waals surface area contributed by atoms with E-state index in [4.69, 9.17) is 9.52 Å². The summed E-state index contributed by atoms with van der Waals surface area (Å²) in [7, 11) is 0. The summed E-state index contributed by atoms with van der Waals surface area (Å²) in [5.74, 6) is 0. The van der Waals surface area contributed by atoms with E-state index in [1.165, 1.54) is 19.3 Å². The van der Waals surface area contributed by atoms with Crippen LogP contribution in [-0.2, 0) is 0 Å². The van der Waals surface area contributed by atoms with Crippen LogP contribution in [-0.4, -0.2) is 29.3 Å². The normalized spacial score (nSPS) is 16.1. The Kier molecular flexibility index (Phi) is 2.73. The molecule has 1 heterocycles. The summed E-state index contributed by atoms with van der Waals surface area (Å²) in [4.78, 5) is 6.57. The lowest BCUT2D eigenvalue weighted by molar-refractivity contribution is 0.277. The Balaban J connectivity index is 1.93. The summed E-state index contributed by atoms with van der Waals surface area (Å²) in [6.07, 6.45) is 3.59. The van der Waals surface area contributed by atoms with Crippen molar-refractivity contribution in [1.82, 2.24) is 4.98 Å². The molecule has 1 fully saturated rings. The van der Waals surface area contributed by atoms with Crippen LogP contribution in [0.5, 0.6) is 0 Å². The van der Waals surface area contributed by atoms with Gasteiger partial charge in [-0.1, -0.05) is 12.1 Å². The van der Waals surface area contributed by atoms with Gasteiger partial charge in [0.15, 0.2) is 5.58 Å². The molecule has 1 N–H and O–H groups in total. The van der Waals surface area contributed by atoms with Crippen molar-refractivity contribution in [3.05, 3.63) is 24.3 Å². The van der Waals surface area contributed by atoms with Crippen LogP contribution in [0.15, 0.2) is 28.7 Å². The number of para-hydroxylation sites is 2. The number of aliphatic hydroxyl groups excluding tert-OH is 1. The third-order valence-corrected chi connectivity index (χ3v) is 3.38. The topological polar surface area (TPSA) is 49.5 Å². The number of hydrogen-bond acceptors (Lipinski definition) is 4. The van der Waals surface area contributed by atoms with Crippen LogP contribution >= 0.6 is 0 Å². The van der Waals surface area contributed by atoms with Gasteiger partial charge in [0.2, 0.25) is 0 Å². The summed E-state index contributed by atoms with van der Waals surface area (Å²) in [6, 6.07) is 8.88. The van der Waals surface area contributed by atoms with Crippen LogP contribution in [0.25, 0.3) is 11.1 Å². The summed E-state index contributed by atoms with van der Waals surface area (Å²) in [6.45, 7) is 0.729. The first kappa shape index (κ1) is 10.6. The van der Waals surface area contributed by atoms with E-state index in [-0.39, 0.29) is 6.61 Å². The minimum absolute atomic E-state index is 0.134. The van der Waals surface area contributed by atoms with Crippen molar-refractivity contribution in [3.63, 3.8) is 0 Å². The molecule has 17 heavy (non-hydrogen) atoms. The maximum Gasteiger partial charge on any atom is 0.298 e. The van der Waals surface area contributed by atoms with E-state index >= 15 is 0 Å². The molecule has 0 bridgehead atoms. The predicted octanol–water partition coefficient (Wildman–Crippen LogP) is 2.18. The van der Waals surface area contributed by atoms with Crippen LogP contribution in [0.2, 0.25) is 0 Å². The van der Waals surface area contributed by atoms with Gasteiger partial charge in [0, 0.05) is 12.6 Å². The Bertz CT molecular complexity index is 472. The molecule has 0 amide bonds. The van der Waals surface area contributed by atoms with Gasteiger partial charge in [0.1, 0.15) is 5.52 Å². The number of anilines is 1. The molecule has 2 aromatic rings. The second kappa shape index (κ2) is 4.37. The lowest BCUT2D eigenvalue weighted by Crippen LogP contribution is -2.42. The quantitative estimate of drug-likeness (QED) is 0.877. The molecular formula is C13H16N2O2. The van der Waals surface area contributed by atoms with Gasteiger partial charge >= 0.3 is 0 Å². The SMILES string of the molecule is OCCN(c1nc2ccccc2o1)C1CCC1. The standard InChI is InChI=1S/C13H16N2O2/c16-9-8-15(10-4-3-5-10)13-14-11-6-1-2-7-12(11)17-13/h1-2,6-7,10,16H,3-5,8-9H2. The Hall–Kier alpha value is -1.55. The molecule has 1 aliphatic rings. The average molecular weight is 232 g/mol. The predicted molar refractivity (Wildman–Crippen MR) is 66.1 cm³/mol. The third-order valence-electron chi connectivity index (χ3n) is 3.38. The van der Waals surface area contributed by atoms with Gasteiger partial charge in [0.25, 0.3) is 6.01 Å². The molecule has 1 aromatic carbocycles. The molecule has 0 saturated heterocycles. The smallest absolute Gasteiger partial charge is 0.298 e. The number of aliphatic hydroxyl groups is 1. The maximum atomic E-state index is 9.13. The van der Waals surface area contributed by atoms with Crippen molar-refractivity contribution in [2.45, 2.75) is 25.3 Å². The molecule has 1 saturated carbocycles. The van der Waals surface area contributed by atoms with E-state index in [9.17, 15) is 0 Å². The number of hydrogen-bond donors (Lipinski definition) is 1. The molecule has 4 nitrogen and oxygen atoms in total. The number of aromatic nitrogens is 1. The molecule has 1 aromatic heterocycles. The molecule has 0 spiro atoms. The monoisotopic (exact) mass is 232 g/mol. The van der Waals surface area contributed by atoms with E-state index in [1.54, 1.807) is 0 Å². The second-order valence-corrected chi connectivity index (χ2v) is 4.47. The summed E-state index contributed by atoms with van der Waals surface area (Å²) in [5.41, 5.74) is 1.69. The van der Waals surface area contributed by atoms with Crippen LogP contribution in [0, 0.1) is 0 Å². The molecule has 0 aliphatic heterocycles. The van der Waals surface area contributed by atoms with Crippen molar-refractivity contribution in [1.29, 1.82) is 0 Å².